The molecule has 0 aliphatic heterocycles. The van der Waals surface area contributed by atoms with Gasteiger partial charge in [0.1, 0.15) is 5.69 Å². The second-order valence-electron chi connectivity index (χ2n) is 27.1. The van der Waals surface area contributed by atoms with Crippen molar-refractivity contribution in [3.05, 3.63) is 370 Å². The molecule has 21 aromatic rings. The zero-order valence-electron chi connectivity index (χ0n) is 56.0. The van der Waals surface area contributed by atoms with Gasteiger partial charge in [-0.15, -0.1) is 5.10 Å². The van der Waals surface area contributed by atoms with E-state index in [-0.39, 0.29) is 0 Å². The molecule has 18 aromatic carbocycles. The van der Waals surface area contributed by atoms with Crippen LogP contribution >= 0.6 is 0 Å². The minimum Gasteiger partial charge on any atom is -0.309 e. The number of benzene rings is 18. The molecule has 21 rings (SSSR count). The normalized spacial score (nSPS) is 11.9. The van der Waals surface area contributed by atoms with Crippen LogP contribution in [0.2, 0.25) is 0 Å². The molecule has 0 aliphatic carbocycles. The minimum atomic E-state index is 0.764. The number of fused-ring (bicyclic) bond motifs is 12. The summed E-state index contributed by atoms with van der Waals surface area (Å²) in [5, 5.41) is 27.1. The minimum absolute atomic E-state index is 0.764. The number of para-hydroxylation sites is 4. The van der Waals surface area contributed by atoms with Crippen molar-refractivity contribution in [1.29, 1.82) is 0 Å². The van der Waals surface area contributed by atoms with Gasteiger partial charge in [0.2, 0.25) is 0 Å². The third kappa shape index (κ3) is 9.06. The quantitative estimate of drug-likeness (QED) is 0.0956. The summed E-state index contributed by atoms with van der Waals surface area (Å²) in [6.45, 7) is 0. The maximum atomic E-state index is 5.03. The van der Waals surface area contributed by atoms with Gasteiger partial charge in [0.15, 0.2) is 0 Å². The molecule has 0 saturated carbocycles. The maximum absolute atomic E-state index is 5.03. The highest BCUT2D eigenvalue weighted by Gasteiger charge is 2.31. The summed E-state index contributed by atoms with van der Waals surface area (Å²) >= 11 is 0. The molecule has 0 fully saturated rings. The molecule has 0 atom stereocenters. The molecule has 0 unspecified atom stereocenters. The molecular weight excluding hydrogens is 1250 g/mol. The molecular formula is C98H61N5. The highest BCUT2D eigenvalue weighted by atomic mass is 15.4. The summed E-state index contributed by atoms with van der Waals surface area (Å²) in [6, 6.07) is 134. The van der Waals surface area contributed by atoms with Crippen molar-refractivity contribution in [3.63, 3.8) is 0 Å². The highest BCUT2D eigenvalue weighted by molar-refractivity contribution is 6.46. The number of hydrogen-bond acceptors (Lipinski definition) is 2. The van der Waals surface area contributed by atoms with E-state index in [0.717, 1.165) is 72.6 Å². The van der Waals surface area contributed by atoms with Crippen molar-refractivity contribution in [2.45, 2.75) is 0 Å². The largest absolute Gasteiger partial charge is 0.309 e. The van der Waals surface area contributed by atoms with Gasteiger partial charge in [-0.1, -0.05) is 309 Å². The predicted molar refractivity (Wildman–Crippen MR) is 432 cm³/mol. The first-order valence-electron chi connectivity index (χ1n) is 35.4. The van der Waals surface area contributed by atoms with Gasteiger partial charge in [-0.3, -0.25) is 0 Å². The Labute approximate surface area is 594 Å². The third-order valence-corrected chi connectivity index (χ3v) is 21.5. The van der Waals surface area contributed by atoms with Gasteiger partial charge in [-0.25, -0.2) is 4.68 Å². The first-order chi connectivity index (χ1) is 51.2. The number of aromatic nitrogens is 5. The molecule has 3 aromatic heterocycles. The predicted octanol–water partition coefficient (Wildman–Crippen LogP) is 26.0. The van der Waals surface area contributed by atoms with Crippen LogP contribution in [0.1, 0.15) is 0 Å². The van der Waals surface area contributed by atoms with Crippen molar-refractivity contribution in [1.82, 2.24) is 24.1 Å². The van der Waals surface area contributed by atoms with Crippen LogP contribution in [0.3, 0.4) is 0 Å². The van der Waals surface area contributed by atoms with Crippen LogP contribution in [0.15, 0.2) is 370 Å². The lowest BCUT2D eigenvalue weighted by molar-refractivity contribution is 0.804. The summed E-state index contributed by atoms with van der Waals surface area (Å²) in [4.78, 5) is 0. The Morgan fingerprint density at radius 1 is 0.194 bits per heavy atom. The first kappa shape index (κ1) is 58.2. The smallest absolute Gasteiger partial charge is 0.113 e. The summed E-state index contributed by atoms with van der Waals surface area (Å²) in [7, 11) is 0. The molecule has 0 radical (unpaired) electrons. The number of hydrogen-bond donors (Lipinski definition) is 0. The van der Waals surface area contributed by atoms with E-state index in [9.17, 15) is 0 Å². The van der Waals surface area contributed by atoms with Crippen LogP contribution in [0.5, 0.6) is 0 Å². The lowest BCUT2D eigenvalue weighted by Gasteiger charge is -2.28. The van der Waals surface area contributed by atoms with Gasteiger partial charge in [0, 0.05) is 38.5 Å². The van der Waals surface area contributed by atoms with E-state index in [1.54, 1.807) is 0 Å². The van der Waals surface area contributed by atoms with E-state index in [1.165, 1.54) is 131 Å². The Morgan fingerprint density at radius 2 is 0.515 bits per heavy atom. The van der Waals surface area contributed by atoms with E-state index in [1.807, 2.05) is 4.68 Å². The highest BCUT2D eigenvalue weighted by Crippen LogP contribution is 2.58. The van der Waals surface area contributed by atoms with Gasteiger partial charge in [0.05, 0.1) is 34.0 Å². The molecule has 0 saturated heterocycles. The van der Waals surface area contributed by atoms with Crippen molar-refractivity contribution >= 4 is 97.5 Å². The fourth-order valence-corrected chi connectivity index (χ4v) is 17.3. The lowest BCUT2D eigenvalue weighted by atomic mass is 9.74. The van der Waals surface area contributed by atoms with Gasteiger partial charge in [-0.2, -0.15) is 0 Å². The van der Waals surface area contributed by atoms with Crippen molar-refractivity contribution < 1.29 is 0 Å². The standard InChI is InChI=1S/C98H61N5/c1-7-29-62(30-8-1)82-60-81(63-53-55-70(56-54-63)101-61-83(99-100-101)69-57-71(102-84-49-23-19-41-73(84)74-42-20-24-50-85(74)102)59-72(58-69)103-86-51-25-21-43-75(86)76-44-22-26-52-87(76)103)88(64-31-9-2-10-32-64)96-78-46-28-48-80-94(78)93-77(95(82)96)45-27-47-79(93)97-91(67-37-15-5-16-38-67)89(65-33-11-3-12-34-65)90(66-35-13-4-14-36-66)92(98(80)97)68-39-17-6-18-40-68/h1-61H. The Bertz CT molecular complexity index is 6680. The molecule has 103 heavy (non-hydrogen) atoms. The second kappa shape index (κ2) is 23.5. The second-order valence-corrected chi connectivity index (χ2v) is 27.1. The third-order valence-electron chi connectivity index (χ3n) is 21.5. The molecule has 5 nitrogen and oxygen atoms in total. The molecule has 0 amide bonds. The molecule has 0 N–H and O–H groups in total. The van der Waals surface area contributed by atoms with Gasteiger partial charge in [-0.05, 0) is 192 Å². The van der Waals surface area contributed by atoms with Crippen LogP contribution in [-0.4, -0.2) is 24.1 Å². The van der Waals surface area contributed by atoms with Crippen LogP contribution < -0.4 is 0 Å². The average Bonchev–Trinajstić information content (AvgIpc) is 0.999. The fourth-order valence-electron chi connectivity index (χ4n) is 17.3. The Morgan fingerprint density at radius 3 is 0.922 bits per heavy atom. The molecule has 0 aliphatic rings. The zero-order chi connectivity index (χ0) is 67.6. The van der Waals surface area contributed by atoms with Gasteiger partial charge < -0.3 is 9.13 Å². The average molecular weight is 1310 g/mol. The molecule has 0 spiro atoms. The van der Waals surface area contributed by atoms with Crippen LogP contribution in [0, 0.1) is 0 Å². The van der Waals surface area contributed by atoms with Crippen molar-refractivity contribution in [2.24, 2.45) is 0 Å². The summed E-state index contributed by atoms with van der Waals surface area (Å²) < 4.78 is 6.72. The monoisotopic (exact) mass is 1310 g/mol. The molecule has 0 bridgehead atoms. The fraction of sp³-hybridized carbons (Fsp3) is 0. The van der Waals surface area contributed by atoms with E-state index in [4.69, 9.17) is 10.3 Å². The Kier molecular flexibility index (Phi) is 13.3. The summed E-state index contributed by atoms with van der Waals surface area (Å²) in [5.41, 5.74) is 25.7. The molecule has 3 heterocycles. The lowest BCUT2D eigenvalue weighted by Crippen LogP contribution is -2.00. The Balaban J connectivity index is 0.805. The summed E-state index contributed by atoms with van der Waals surface area (Å²) in [5.74, 6) is 0. The number of rotatable bonds is 11. The number of nitrogens with zero attached hydrogens (tertiary/aromatic N) is 5. The first-order valence-corrected chi connectivity index (χ1v) is 35.4. The zero-order valence-corrected chi connectivity index (χ0v) is 56.0. The topological polar surface area (TPSA) is 40.6 Å². The maximum Gasteiger partial charge on any atom is 0.113 e. The van der Waals surface area contributed by atoms with E-state index in [0.29, 0.717) is 0 Å². The van der Waals surface area contributed by atoms with Crippen molar-refractivity contribution in [3.8, 4) is 106 Å². The van der Waals surface area contributed by atoms with Crippen molar-refractivity contribution in [2.75, 3.05) is 0 Å². The van der Waals surface area contributed by atoms with E-state index < -0.39 is 0 Å². The van der Waals surface area contributed by atoms with Gasteiger partial charge >= 0.3 is 0 Å². The summed E-state index contributed by atoms with van der Waals surface area (Å²) in [6.07, 6.45) is 2.08. The Hall–Kier alpha value is -13.7. The van der Waals surface area contributed by atoms with Gasteiger partial charge in [0.25, 0.3) is 0 Å². The van der Waals surface area contributed by atoms with Crippen LogP contribution in [0.25, 0.3) is 204 Å². The van der Waals surface area contributed by atoms with E-state index >= 15 is 0 Å². The molecule has 5 heteroatoms. The van der Waals surface area contributed by atoms with Crippen LogP contribution in [0.4, 0.5) is 0 Å². The molecule has 478 valence electrons. The SMILES string of the molecule is c1ccc(-c2c(-c3ccccc3)c(-c3ccccc3)c3c4cccc5c6c(-c7ccccc7)c(-c7ccc(-n8cc(-c9cc(-n%10c%11ccccc%11c%11ccccc%11%10)cc(-n%10c%11ccccc%11c%11ccccc%11%10)c9)nn8)cc7)cc(-c7ccccc7)c6c6cccc(c3c2-c2ccccc2)c6c54)cc1. The van der Waals surface area contributed by atoms with Crippen LogP contribution in [-0.2, 0) is 0 Å². The van der Waals surface area contributed by atoms with E-state index in [2.05, 4.69) is 379 Å².